The second-order valence-electron chi connectivity index (χ2n) is 2.95. The molecule has 70 valence electrons. The van der Waals surface area contributed by atoms with E-state index in [4.69, 9.17) is 0 Å². The summed E-state index contributed by atoms with van der Waals surface area (Å²) in [5.41, 5.74) is 1.21. The van der Waals surface area contributed by atoms with Gasteiger partial charge in [0, 0.05) is 25.0 Å². The molecule has 0 fully saturated rings. The summed E-state index contributed by atoms with van der Waals surface area (Å²) < 4.78 is 1.70. The first-order chi connectivity index (χ1) is 6.79. The Kier molecular flexibility index (Phi) is 2.10. The number of nitrogens with zero attached hydrogens (tertiary/aromatic N) is 3. The molecule has 0 unspecified atom stereocenters. The molecule has 0 aliphatic carbocycles. The van der Waals surface area contributed by atoms with Gasteiger partial charge in [-0.3, -0.25) is 9.78 Å². The lowest BCUT2D eigenvalue weighted by molar-refractivity contribution is 0.103. The summed E-state index contributed by atoms with van der Waals surface area (Å²) in [5.74, 6) is -0.0348. The third kappa shape index (κ3) is 1.42. The molecule has 0 amide bonds. The normalized spacial score (nSPS) is 10.1. The van der Waals surface area contributed by atoms with Crippen molar-refractivity contribution in [2.45, 2.75) is 0 Å². The Hall–Kier alpha value is -1.97. The molecule has 0 bridgehead atoms. The second kappa shape index (κ2) is 3.41. The first-order valence-corrected chi connectivity index (χ1v) is 4.20. The predicted molar refractivity (Wildman–Crippen MR) is 50.9 cm³/mol. The van der Waals surface area contributed by atoms with E-state index in [2.05, 4.69) is 9.97 Å². The van der Waals surface area contributed by atoms with Crippen LogP contribution in [0.25, 0.3) is 0 Å². The van der Waals surface area contributed by atoms with E-state index >= 15 is 0 Å². The van der Waals surface area contributed by atoms with Gasteiger partial charge in [-0.25, -0.2) is 4.98 Å². The standard InChI is InChI=1S/C10H9N3O/c1-13-7-12-6-9(13)10(14)8-2-4-11-5-3-8/h2-7H,1H3. The number of hydrogen-bond donors (Lipinski definition) is 0. The summed E-state index contributed by atoms with van der Waals surface area (Å²) >= 11 is 0. The van der Waals surface area contributed by atoms with Gasteiger partial charge in [0.1, 0.15) is 5.69 Å². The number of aryl methyl sites for hydroxylation is 1. The minimum atomic E-state index is -0.0348. The topological polar surface area (TPSA) is 47.8 Å². The third-order valence-corrected chi connectivity index (χ3v) is 1.99. The van der Waals surface area contributed by atoms with Gasteiger partial charge >= 0.3 is 0 Å². The number of imidazole rings is 1. The van der Waals surface area contributed by atoms with E-state index in [0.717, 1.165) is 0 Å². The summed E-state index contributed by atoms with van der Waals surface area (Å²) in [6.45, 7) is 0. The molecule has 14 heavy (non-hydrogen) atoms. The minimum Gasteiger partial charge on any atom is -0.331 e. The van der Waals surface area contributed by atoms with Gasteiger partial charge in [-0.15, -0.1) is 0 Å². The van der Waals surface area contributed by atoms with E-state index in [1.165, 1.54) is 0 Å². The van der Waals surface area contributed by atoms with Crippen molar-refractivity contribution in [1.82, 2.24) is 14.5 Å². The van der Waals surface area contributed by atoms with Gasteiger partial charge in [0.15, 0.2) is 0 Å². The van der Waals surface area contributed by atoms with Crippen molar-refractivity contribution in [3.05, 3.63) is 48.3 Å². The largest absolute Gasteiger partial charge is 0.331 e. The number of pyridine rings is 1. The average molecular weight is 187 g/mol. The van der Waals surface area contributed by atoms with Crippen LogP contribution in [-0.4, -0.2) is 20.3 Å². The van der Waals surface area contributed by atoms with Crippen molar-refractivity contribution in [3.63, 3.8) is 0 Å². The highest BCUT2D eigenvalue weighted by Crippen LogP contribution is 2.06. The Bertz CT molecular complexity index is 447. The Balaban J connectivity index is 2.39. The maximum absolute atomic E-state index is 11.8. The van der Waals surface area contributed by atoms with Crippen molar-refractivity contribution >= 4 is 5.78 Å². The Morgan fingerprint density at radius 3 is 2.57 bits per heavy atom. The molecule has 2 aromatic heterocycles. The van der Waals surface area contributed by atoms with Gasteiger partial charge in [-0.1, -0.05) is 0 Å². The first-order valence-electron chi connectivity index (χ1n) is 4.20. The maximum atomic E-state index is 11.8. The lowest BCUT2D eigenvalue weighted by atomic mass is 10.1. The molecule has 0 N–H and O–H groups in total. The zero-order valence-electron chi connectivity index (χ0n) is 7.71. The highest BCUT2D eigenvalue weighted by atomic mass is 16.1. The van der Waals surface area contributed by atoms with Crippen LogP contribution >= 0.6 is 0 Å². The maximum Gasteiger partial charge on any atom is 0.211 e. The molecule has 0 aliphatic rings. The fourth-order valence-corrected chi connectivity index (χ4v) is 1.23. The number of ketones is 1. The Morgan fingerprint density at radius 2 is 2.00 bits per heavy atom. The van der Waals surface area contributed by atoms with Crippen LogP contribution in [0.5, 0.6) is 0 Å². The van der Waals surface area contributed by atoms with Crippen molar-refractivity contribution < 1.29 is 4.79 Å². The number of hydrogen-bond acceptors (Lipinski definition) is 3. The van der Waals surface area contributed by atoms with Crippen LogP contribution in [0, 0.1) is 0 Å². The van der Waals surface area contributed by atoms with Crippen LogP contribution in [0.3, 0.4) is 0 Å². The Labute approximate surface area is 81.2 Å². The highest BCUT2D eigenvalue weighted by Gasteiger charge is 2.11. The van der Waals surface area contributed by atoms with Crippen LogP contribution in [0.4, 0.5) is 0 Å². The molecule has 0 saturated heterocycles. The molecule has 0 radical (unpaired) electrons. The molecule has 4 nitrogen and oxygen atoms in total. The fraction of sp³-hybridized carbons (Fsp3) is 0.100. The van der Waals surface area contributed by atoms with Crippen LogP contribution in [0.1, 0.15) is 16.1 Å². The van der Waals surface area contributed by atoms with Gasteiger partial charge < -0.3 is 4.57 Å². The van der Waals surface area contributed by atoms with E-state index < -0.39 is 0 Å². The molecule has 0 spiro atoms. The number of rotatable bonds is 2. The van der Waals surface area contributed by atoms with Crippen LogP contribution in [-0.2, 0) is 7.05 Å². The minimum absolute atomic E-state index is 0.0348. The molecule has 4 heteroatoms. The summed E-state index contributed by atoms with van der Waals surface area (Å²) in [5, 5.41) is 0. The molecular weight excluding hydrogens is 178 g/mol. The smallest absolute Gasteiger partial charge is 0.211 e. The highest BCUT2D eigenvalue weighted by molar-refractivity contribution is 6.07. The molecular formula is C10H9N3O. The first kappa shape index (κ1) is 8.62. The summed E-state index contributed by atoms with van der Waals surface area (Å²) in [7, 11) is 1.79. The predicted octanol–water partition coefficient (Wildman–Crippen LogP) is 1.05. The summed E-state index contributed by atoms with van der Waals surface area (Å²) in [4.78, 5) is 19.6. The zero-order valence-corrected chi connectivity index (χ0v) is 7.71. The van der Waals surface area contributed by atoms with Gasteiger partial charge in [-0.2, -0.15) is 0 Å². The monoisotopic (exact) mass is 187 g/mol. The quantitative estimate of drug-likeness (QED) is 0.660. The summed E-state index contributed by atoms with van der Waals surface area (Å²) in [6, 6.07) is 3.38. The average Bonchev–Trinajstić information content (AvgIpc) is 2.65. The van der Waals surface area contributed by atoms with E-state index in [9.17, 15) is 4.79 Å². The van der Waals surface area contributed by atoms with Crippen molar-refractivity contribution in [1.29, 1.82) is 0 Å². The third-order valence-electron chi connectivity index (χ3n) is 1.99. The summed E-state index contributed by atoms with van der Waals surface area (Å²) in [6.07, 6.45) is 6.37. The molecule has 2 aromatic rings. The molecule has 2 rings (SSSR count). The molecule has 0 aliphatic heterocycles. The van der Waals surface area contributed by atoms with E-state index in [0.29, 0.717) is 11.3 Å². The van der Waals surface area contributed by atoms with Crippen molar-refractivity contribution in [2.75, 3.05) is 0 Å². The zero-order chi connectivity index (χ0) is 9.97. The lowest BCUT2D eigenvalue weighted by Crippen LogP contribution is -2.06. The van der Waals surface area contributed by atoms with Gasteiger partial charge in [0.05, 0.1) is 12.5 Å². The molecule has 0 aromatic carbocycles. The SMILES string of the molecule is Cn1cncc1C(=O)c1ccncc1. The van der Waals surface area contributed by atoms with Crippen molar-refractivity contribution in [3.8, 4) is 0 Å². The van der Waals surface area contributed by atoms with Crippen LogP contribution < -0.4 is 0 Å². The van der Waals surface area contributed by atoms with Crippen LogP contribution in [0.15, 0.2) is 37.1 Å². The lowest BCUT2D eigenvalue weighted by Gasteiger charge is -2.00. The van der Waals surface area contributed by atoms with Crippen LogP contribution in [0.2, 0.25) is 0 Å². The number of carbonyl (C=O) groups is 1. The molecule has 0 saturated carbocycles. The second-order valence-corrected chi connectivity index (χ2v) is 2.95. The molecule has 2 heterocycles. The van der Waals surface area contributed by atoms with E-state index in [1.54, 1.807) is 48.7 Å². The Morgan fingerprint density at radius 1 is 1.29 bits per heavy atom. The molecule has 0 atom stereocenters. The van der Waals surface area contributed by atoms with Gasteiger partial charge in [0.25, 0.3) is 0 Å². The number of aromatic nitrogens is 3. The van der Waals surface area contributed by atoms with Gasteiger partial charge in [-0.05, 0) is 12.1 Å². The van der Waals surface area contributed by atoms with E-state index in [-0.39, 0.29) is 5.78 Å². The van der Waals surface area contributed by atoms with E-state index in [1.807, 2.05) is 0 Å². The van der Waals surface area contributed by atoms with Crippen molar-refractivity contribution in [2.24, 2.45) is 7.05 Å². The fourth-order valence-electron chi connectivity index (χ4n) is 1.23. The number of carbonyl (C=O) groups excluding carboxylic acids is 1. The van der Waals surface area contributed by atoms with Gasteiger partial charge in [0.2, 0.25) is 5.78 Å².